The fourth-order valence-corrected chi connectivity index (χ4v) is 2.54. The van der Waals surface area contributed by atoms with Crippen LogP contribution in [-0.4, -0.2) is 41.0 Å². The van der Waals surface area contributed by atoms with Crippen LogP contribution in [0.4, 0.5) is 0 Å². The maximum absolute atomic E-state index is 12.4. The van der Waals surface area contributed by atoms with Crippen LogP contribution in [0, 0.1) is 0 Å². The lowest BCUT2D eigenvalue weighted by Gasteiger charge is -2.18. The largest absolute Gasteiger partial charge is 0.469 e. The van der Waals surface area contributed by atoms with Gasteiger partial charge in [0.1, 0.15) is 6.04 Å². The van der Waals surface area contributed by atoms with Gasteiger partial charge in [0.15, 0.2) is 11.5 Å². The number of nitrogens with one attached hydrogen (secondary N) is 2. The van der Waals surface area contributed by atoms with Gasteiger partial charge in [-0.1, -0.05) is 11.6 Å². The Labute approximate surface area is 155 Å². The number of phosphoric ester groups is 1. The summed E-state index contributed by atoms with van der Waals surface area (Å²) >= 11 is 0. The molecule has 0 bridgehead atoms. The Morgan fingerprint density at radius 1 is 1.30 bits per heavy atom. The van der Waals surface area contributed by atoms with Gasteiger partial charge >= 0.3 is 7.82 Å². The van der Waals surface area contributed by atoms with Crippen molar-refractivity contribution in [2.45, 2.75) is 26.4 Å². The van der Waals surface area contributed by atoms with E-state index in [1.165, 1.54) is 6.08 Å². The Hall–Kier alpha value is -2.39. The van der Waals surface area contributed by atoms with Crippen molar-refractivity contribution in [2.24, 2.45) is 0 Å². The molecule has 1 aromatic carbocycles. The molecule has 148 valence electrons. The van der Waals surface area contributed by atoms with Crippen LogP contribution in [0.15, 0.2) is 29.8 Å². The van der Waals surface area contributed by atoms with Crippen molar-refractivity contribution >= 4 is 19.6 Å². The molecule has 1 aromatic rings. The van der Waals surface area contributed by atoms with E-state index in [-0.39, 0.29) is 13.3 Å². The highest BCUT2D eigenvalue weighted by Crippen LogP contribution is 2.35. The first-order valence-electron chi connectivity index (χ1n) is 7.96. The van der Waals surface area contributed by atoms with Gasteiger partial charge in [-0.05, 0) is 31.5 Å². The van der Waals surface area contributed by atoms with Gasteiger partial charge in [0.2, 0.25) is 18.6 Å². The first-order valence-corrected chi connectivity index (χ1v) is 9.49. The molecular formula is C16H21N2O8P. The smallest absolute Gasteiger partial charge is 0.454 e. The molecule has 0 unspecified atom stereocenters. The van der Waals surface area contributed by atoms with Gasteiger partial charge in [0.05, 0.1) is 6.61 Å². The molecule has 2 rings (SSSR count). The Bertz CT molecular complexity index is 785. The number of hydrogen-bond acceptors (Lipinski definition) is 6. The molecule has 1 aliphatic heterocycles. The maximum atomic E-state index is 12.4. The third kappa shape index (κ3) is 7.03. The van der Waals surface area contributed by atoms with Gasteiger partial charge in [-0.3, -0.25) is 14.1 Å². The van der Waals surface area contributed by atoms with Crippen molar-refractivity contribution in [3.8, 4) is 11.5 Å². The lowest BCUT2D eigenvalue weighted by atomic mass is 10.2. The van der Waals surface area contributed by atoms with E-state index >= 15 is 0 Å². The van der Waals surface area contributed by atoms with Crippen molar-refractivity contribution in [3.05, 3.63) is 35.4 Å². The number of phosphoric acid groups is 1. The Morgan fingerprint density at radius 3 is 2.67 bits per heavy atom. The summed E-state index contributed by atoms with van der Waals surface area (Å²) in [5.74, 6) is -0.0730. The van der Waals surface area contributed by atoms with Crippen LogP contribution in [-0.2, 0) is 25.2 Å². The van der Waals surface area contributed by atoms with E-state index in [1.807, 2.05) is 0 Å². The molecule has 0 saturated heterocycles. The minimum absolute atomic E-state index is 0.112. The second kappa shape index (κ2) is 9.01. The standard InChI is InChI=1S/C16H21N2O8P/c1-10(2)5-15(19)18-12(8-26-27(21,22)23)16(20)17-7-11-3-4-13-14(6-11)25-9-24-13/h3-6,12H,7-9H2,1-2H3,(H,17,20)(H,18,19)(H2,21,22,23)/t12-/m0/s1. The minimum Gasteiger partial charge on any atom is -0.454 e. The summed E-state index contributed by atoms with van der Waals surface area (Å²) in [4.78, 5) is 41.9. The summed E-state index contributed by atoms with van der Waals surface area (Å²) in [6, 6.07) is 3.85. The number of allylic oxidation sites excluding steroid dienone is 1. The van der Waals surface area contributed by atoms with Crippen LogP contribution in [0.25, 0.3) is 0 Å². The number of rotatable bonds is 8. The molecule has 11 heteroatoms. The fourth-order valence-electron chi connectivity index (χ4n) is 2.19. The van der Waals surface area contributed by atoms with Crippen LogP contribution in [0.5, 0.6) is 11.5 Å². The summed E-state index contributed by atoms with van der Waals surface area (Å²) < 4.78 is 25.7. The number of carbonyl (C=O) groups excluding carboxylic acids is 2. The highest BCUT2D eigenvalue weighted by molar-refractivity contribution is 7.46. The molecule has 4 N–H and O–H groups in total. The molecule has 1 heterocycles. The molecule has 1 atom stereocenters. The third-order valence-corrected chi connectivity index (χ3v) is 3.85. The van der Waals surface area contributed by atoms with E-state index < -0.39 is 32.3 Å². The molecule has 27 heavy (non-hydrogen) atoms. The number of hydrogen-bond donors (Lipinski definition) is 4. The summed E-state index contributed by atoms with van der Waals surface area (Å²) in [5.41, 5.74) is 1.42. The first-order chi connectivity index (χ1) is 12.6. The number of benzene rings is 1. The summed E-state index contributed by atoms with van der Waals surface area (Å²) in [7, 11) is -4.79. The molecule has 10 nitrogen and oxygen atoms in total. The number of ether oxygens (including phenoxy) is 2. The molecular weight excluding hydrogens is 379 g/mol. The quantitative estimate of drug-likeness (QED) is 0.367. The van der Waals surface area contributed by atoms with E-state index in [0.29, 0.717) is 17.1 Å². The minimum atomic E-state index is -4.79. The van der Waals surface area contributed by atoms with Gasteiger partial charge in [-0.2, -0.15) is 0 Å². The molecule has 0 spiro atoms. The summed E-state index contributed by atoms with van der Waals surface area (Å²) in [6.07, 6.45) is 1.26. The lowest BCUT2D eigenvalue weighted by Crippen LogP contribution is -2.48. The second-order valence-electron chi connectivity index (χ2n) is 5.97. The van der Waals surface area contributed by atoms with E-state index in [2.05, 4.69) is 15.2 Å². The van der Waals surface area contributed by atoms with Crippen LogP contribution in [0.1, 0.15) is 19.4 Å². The highest BCUT2D eigenvalue weighted by Gasteiger charge is 2.25. The predicted molar refractivity (Wildman–Crippen MR) is 93.8 cm³/mol. The van der Waals surface area contributed by atoms with Gasteiger partial charge < -0.3 is 29.9 Å². The van der Waals surface area contributed by atoms with E-state index in [0.717, 1.165) is 5.56 Å². The van der Waals surface area contributed by atoms with Crippen molar-refractivity contribution in [1.29, 1.82) is 0 Å². The Kier molecular flexibility index (Phi) is 6.98. The Balaban J connectivity index is 1.99. The zero-order chi connectivity index (χ0) is 20.0. The number of amides is 2. The van der Waals surface area contributed by atoms with E-state index in [1.54, 1.807) is 32.0 Å². The van der Waals surface area contributed by atoms with Gasteiger partial charge in [-0.15, -0.1) is 0 Å². The zero-order valence-corrected chi connectivity index (χ0v) is 15.7. The molecule has 0 aromatic heterocycles. The van der Waals surface area contributed by atoms with Gasteiger partial charge in [0.25, 0.3) is 0 Å². The highest BCUT2D eigenvalue weighted by atomic mass is 31.2. The lowest BCUT2D eigenvalue weighted by molar-refractivity contribution is -0.128. The maximum Gasteiger partial charge on any atom is 0.469 e. The van der Waals surface area contributed by atoms with E-state index in [9.17, 15) is 14.2 Å². The Morgan fingerprint density at radius 2 is 2.00 bits per heavy atom. The van der Waals surface area contributed by atoms with Gasteiger partial charge in [-0.25, -0.2) is 4.57 Å². The molecule has 1 aliphatic rings. The monoisotopic (exact) mass is 400 g/mol. The summed E-state index contributed by atoms with van der Waals surface area (Å²) in [6.45, 7) is 2.95. The average Bonchev–Trinajstić information content (AvgIpc) is 3.02. The molecule has 0 fully saturated rings. The van der Waals surface area contributed by atoms with Gasteiger partial charge in [0, 0.05) is 12.6 Å². The number of carbonyl (C=O) groups is 2. The third-order valence-electron chi connectivity index (χ3n) is 3.37. The van der Waals surface area contributed by atoms with E-state index in [4.69, 9.17) is 19.3 Å². The second-order valence-corrected chi connectivity index (χ2v) is 7.21. The van der Waals surface area contributed by atoms with Crippen LogP contribution in [0.2, 0.25) is 0 Å². The topological polar surface area (TPSA) is 143 Å². The SMILES string of the molecule is CC(C)=CC(=O)N[C@@H](COP(=O)(O)O)C(=O)NCc1ccc2c(c1)OCO2. The molecule has 0 radical (unpaired) electrons. The fraction of sp³-hybridized carbons (Fsp3) is 0.375. The molecule has 0 aliphatic carbocycles. The van der Waals surface area contributed by atoms with Crippen molar-refractivity contribution in [3.63, 3.8) is 0 Å². The normalized spacial score (nSPS) is 13.6. The first kappa shape index (κ1) is 20.9. The van der Waals surface area contributed by atoms with Crippen LogP contribution >= 0.6 is 7.82 Å². The van der Waals surface area contributed by atoms with Crippen molar-refractivity contribution in [2.75, 3.05) is 13.4 Å². The van der Waals surface area contributed by atoms with Crippen molar-refractivity contribution in [1.82, 2.24) is 10.6 Å². The molecule has 2 amide bonds. The predicted octanol–water partition coefficient (Wildman–Crippen LogP) is 0.592. The average molecular weight is 400 g/mol. The van der Waals surface area contributed by atoms with Crippen LogP contribution < -0.4 is 20.1 Å². The van der Waals surface area contributed by atoms with Crippen molar-refractivity contribution < 1.29 is 37.9 Å². The van der Waals surface area contributed by atoms with Crippen LogP contribution in [0.3, 0.4) is 0 Å². The zero-order valence-electron chi connectivity index (χ0n) is 14.8. The summed E-state index contributed by atoms with van der Waals surface area (Å²) in [5, 5.41) is 4.94. The number of fused-ring (bicyclic) bond motifs is 1. The molecule has 0 saturated carbocycles.